The molecule has 1 saturated heterocycles. The van der Waals surface area contributed by atoms with E-state index in [1.807, 2.05) is 42.5 Å². The Kier molecular flexibility index (Phi) is 5.77. The second-order valence-electron chi connectivity index (χ2n) is 8.29. The molecule has 3 aromatic rings. The summed E-state index contributed by atoms with van der Waals surface area (Å²) in [4.78, 5) is 0. The number of methoxy groups -OCH3 is 1. The van der Waals surface area contributed by atoms with Crippen LogP contribution < -0.4 is 10.1 Å². The molecule has 0 amide bonds. The van der Waals surface area contributed by atoms with Crippen molar-refractivity contribution in [3.8, 4) is 11.5 Å². The molecule has 0 saturated carbocycles. The molecule has 0 radical (unpaired) electrons. The van der Waals surface area contributed by atoms with Gasteiger partial charge >= 0.3 is 0 Å². The van der Waals surface area contributed by atoms with Gasteiger partial charge in [-0.05, 0) is 62.9 Å². The topological polar surface area (TPSA) is 79.3 Å². The number of hydrogen-bond donors (Lipinski definition) is 2. The van der Waals surface area contributed by atoms with Gasteiger partial charge in [0.25, 0.3) is 0 Å². The van der Waals surface area contributed by atoms with Crippen LogP contribution in [0.15, 0.2) is 57.1 Å². The molecular formula is C26H27N3O3. The van der Waals surface area contributed by atoms with E-state index < -0.39 is 0 Å². The minimum atomic E-state index is 0.0964. The summed E-state index contributed by atoms with van der Waals surface area (Å²) in [6, 6.07) is 11.4. The summed E-state index contributed by atoms with van der Waals surface area (Å²) in [7, 11) is 1.65. The first-order valence-corrected chi connectivity index (χ1v) is 11.2. The Bertz CT molecular complexity index is 1220. The van der Waals surface area contributed by atoms with E-state index in [0.717, 1.165) is 48.0 Å². The van der Waals surface area contributed by atoms with Gasteiger partial charge in [-0.2, -0.15) is 0 Å². The smallest absolute Gasteiger partial charge is 0.172 e. The first-order chi connectivity index (χ1) is 15.7. The highest BCUT2D eigenvalue weighted by molar-refractivity contribution is 5.97. The van der Waals surface area contributed by atoms with E-state index in [9.17, 15) is 5.11 Å². The van der Waals surface area contributed by atoms with Crippen LogP contribution in [-0.4, -0.2) is 25.3 Å². The Balaban J connectivity index is 1.45. The van der Waals surface area contributed by atoms with Gasteiger partial charge in [0.05, 0.1) is 29.4 Å². The average molecular weight is 430 g/mol. The third-order valence-corrected chi connectivity index (χ3v) is 6.27. The van der Waals surface area contributed by atoms with Crippen LogP contribution in [0.25, 0.3) is 28.8 Å². The van der Waals surface area contributed by atoms with Gasteiger partial charge in [0, 0.05) is 11.6 Å². The standard InChI is InChI=1S/C26H27N3O3/c1-31-23-11-10-20-25(30)24(16-22-18-7-4-5-9-21(18)28-29-22)32-26(20)19(23)8-3-2-6-17-12-14-27-15-13-17/h3-5,7-11,16-17,27,30H,2,6,12-15H2,1H3. The molecule has 2 N–H and O–H groups in total. The number of fused-ring (bicyclic) bond motifs is 2. The fourth-order valence-electron chi connectivity index (χ4n) is 4.48. The lowest BCUT2D eigenvalue weighted by Gasteiger charge is -2.21. The number of furan rings is 1. The van der Waals surface area contributed by atoms with Crippen molar-refractivity contribution in [1.82, 2.24) is 5.32 Å². The van der Waals surface area contributed by atoms with Crippen LogP contribution in [0.1, 0.15) is 42.6 Å². The minimum absolute atomic E-state index is 0.0964. The number of nitrogens with one attached hydrogen (secondary N) is 1. The molecule has 0 atom stereocenters. The molecular weight excluding hydrogens is 402 g/mol. The van der Waals surface area contributed by atoms with E-state index in [-0.39, 0.29) is 5.75 Å². The highest BCUT2D eigenvalue weighted by Crippen LogP contribution is 2.42. The molecule has 3 heterocycles. The number of benzene rings is 2. The fraction of sp³-hybridized carbons (Fsp3) is 0.308. The predicted molar refractivity (Wildman–Crippen MR) is 127 cm³/mol. The second kappa shape index (κ2) is 9.01. The number of allylic oxidation sites excluding steroid dienone is 1. The maximum Gasteiger partial charge on any atom is 0.172 e. The second-order valence-corrected chi connectivity index (χ2v) is 8.29. The van der Waals surface area contributed by atoms with Crippen LogP contribution in [0.4, 0.5) is 5.69 Å². The lowest BCUT2D eigenvalue weighted by Crippen LogP contribution is -2.27. The zero-order valence-electron chi connectivity index (χ0n) is 18.2. The fourth-order valence-corrected chi connectivity index (χ4v) is 4.48. The van der Waals surface area contributed by atoms with Crippen LogP contribution in [0.3, 0.4) is 0 Å². The number of aromatic hydroxyl groups is 1. The van der Waals surface area contributed by atoms with Gasteiger partial charge in [-0.3, -0.25) is 0 Å². The van der Waals surface area contributed by atoms with Crippen molar-refractivity contribution >= 4 is 34.5 Å². The summed E-state index contributed by atoms with van der Waals surface area (Å²) in [5, 5.41) is 23.4. The van der Waals surface area contributed by atoms with E-state index >= 15 is 0 Å². The number of hydrogen-bond acceptors (Lipinski definition) is 6. The molecule has 32 heavy (non-hydrogen) atoms. The number of piperidine rings is 1. The van der Waals surface area contributed by atoms with Gasteiger partial charge < -0.3 is 19.6 Å². The average Bonchev–Trinajstić information content (AvgIpc) is 3.39. The monoisotopic (exact) mass is 429 g/mol. The molecule has 0 aliphatic carbocycles. The van der Waals surface area contributed by atoms with Gasteiger partial charge in [-0.1, -0.05) is 30.4 Å². The molecule has 2 aliphatic rings. The van der Waals surface area contributed by atoms with Crippen LogP contribution in [0, 0.1) is 5.92 Å². The number of azo groups is 1. The van der Waals surface area contributed by atoms with Crippen LogP contribution >= 0.6 is 0 Å². The third-order valence-electron chi connectivity index (χ3n) is 6.27. The molecule has 164 valence electrons. The van der Waals surface area contributed by atoms with Gasteiger partial charge in [0.2, 0.25) is 0 Å². The largest absolute Gasteiger partial charge is 0.504 e. The molecule has 1 aromatic heterocycles. The zero-order chi connectivity index (χ0) is 21.9. The lowest BCUT2D eigenvalue weighted by atomic mass is 9.93. The summed E-state index contributed by atoms with van der Waals surface area (Å²) in [6.07, 6.45) is 10.6. The quantitative estimate of drug-likeness (QED) is 0.466. The number of nitrogens with zero attached hydrogens (tertiary/aromatic N) is 2. The van der Waals surface area contributed by atoms with Gasteiger partial charge in [0.15, 0.2) is 11.5 Å². The van der Waals surface area contributed by atoms with Crippen molar-refractivity contribution in [2.24, 2.45) is 16.1 Å². The maximum absolute atomic E-state index is 10.8. The van der Waals surface area contributed by atoms with E-state index in [1.165, 1.54) is 19.3 Å². The minimum Gasteiger partial charge on any atom is -0.504 e. The van der Waals surface area contributed by atoms with E-state index in [2.05, 4.69) is 21.6 Å². The Hall–Kier alpha value is -3.38. The van der Waals surface area contributed by atoms with E-state index in [1.54, 1.807) is 13.2 Å². The van der Waals surface area contributed by atoms with Gasteiger partial charge in [-0.25, -0.2) is 0 Å². The first-order valence-electron chi connectivity index (χ1n) is 11.2. The van der Waals surface area contributed by atoms with E-state index in [0.29, 0.717) is 22.4 Å². The van der Waals surface area contributed by atoms with Crippen LogP contribution in [0.5, 0.6) is 11.5 Å². The third kappa shape index (κ3) is 3.94. The summed E-state index contributed by atoms with van der Waals surface area (Å²) < 4.78 is 11.7. The molecule has 0 unspecified atom stereocenters. The molecule has 2 aromatic carbocycles. The van der Waals surface area contributed by atoms with Gasteiger partial charge in [0.1, 0.15) is 11.3 Å². The SMILES string of the molecule is COc1ccc2c(O)c(C=C3N=Nc4ccccc43)oc2c1C=CCCC1CCNCC1. The molecule has 5 rings (SSSR count). The Morgan fingerprint density at radius 2 is 2.00 bits per heavy atom. The Labute approximate surface area is 187 Å². The summed E-state index contributed by atoms with van der Waals surface area (Å²) in [6.45, 7) is 2.24. The van der Waals surface area contributed by atoms with Crippen LogP contribution in [0.2, 0.25) is 0 Å². The lowest BCUT2D eigenvalue weighted by molar-refractivity contribution is 0.356. The predicted octanol–water partition coefficient (Wildman–Crippen LogP) is 6.54. The molecule has 1 fully saturated rings. The normalized spacial score (nSPS) is 17.6. The van der Waals surface area contributed by atoms with Crippen molar-refractivity contribution in [3.63, 3.8) is 0 Å². The molecule has 6 nitrogen and oxygen atoms in total. The van der Waals surface area contributed by atoms with Crippen molar-refractivity contribution in [3.05, 3.63) is 59.4 Å². The van der Waals surface area contributed by atoms with Gasteiger partial charge in [-0.15, -0.1) is 10.2 Å². The molecule has 2 aliphatic heterocycles. The first kappa shape index (κ1) is 20.5. The van der Waals surface area contributed by atoms with Crippen LogP contribution in [-0.2, 0) is 0 Å². The molecule has 0 spiro atoms. The zero-order valence-corrected chi connectivity index (χ0v) is 18.2. The summed E-state index contributed by atoms with van der Waals surface area (Å²) >= 11 is 0. The Morgan fingerprint density at radius 1 is 1.16 bits per heavy atom. The van der Waals surface area contributed by atoms with Crippen molar-refractivity contribution in [2.75, 3.05) is 20.2 Å². The summed E-state index contributed by atoms with van der Waals surface area (Å²) in [5.74, 6) is 1.96. The maximum atomic E-state index is 10.8. The highest BCUT2D eigenvalue weighted by Gasteiger charge is 2.20. The summed E-state index contributed by atoms with van der Waals surface area (Å²) in [5.41, 5.74) is 3.84. The number of rotatable bonds is 6. The molecule has 6 heteroatoms. The van der Waals surface area contributed by atoms with Crippen molar-refractivity contribution < 1.29 is 14.3 Å². The Morgan fingerprint density at radius 3 is 2.84 bits per heavy atom. The van der Waals surface area contributed by atoms with Crippen molar-refractivity contribution in [2.45, 2.75) is 25.7 Å². The highest BCUT2D eigenvalue weighted by atomic mass is 16.5. The number of ether oxygens (including phenoxy) is 1. The van der Waals surface area contributed by atoms with Crippen molar-refractivity contribution in [1.29, 1.82) is 0 Å². The molecule has 0 bridgehead atoms. The van der Waals surface area contributed by atoms with E-state index in [4.69, 9.17) is 9.15 Å².